The molecule has 0 unspecified atom stereocenters. The van der Waals surface area contributed by atoms with Crippen LogP contribution < -0.4 is 10.6 Å². The van der Waals surface area contributed by atoms with Crippen LogP contribution in [0.2, 0.25) is 0 Å². The van der Waals surface area contributed by atoms with Crippen LogP contribution in [0.25, 0.3) is 0 Å². The molecule has 0 atom stereocenters. The number of nitrogens with one attached hydrogen (secondary N) is 2. The van der Waals surface area contributed by atoms with Crippen molar-refractivity contribution in [1.82, 2.24) is 14.9 Å². The molecule has 26 heavy (non-hydrogen) atoms. The van der Waals surface area contributed by atoms with Gasteiger partial charge in [-0.2, -0.15) is 4.31 Å². The van der Waals surface area contributed by atoms with Crippen LogP contribution in [0.15, 0.2) is 29.2 Å². The molecule has 3 amide bonds. The zero-order valence-corrected chi connectivity index (χ0v) is 15.8. The summed E-state index contributed by atoms with van der Waals surface area (Å²) >= 11 is 0. The Kier molecular flexibility index (Phi) is 8.20. The number of benzene rings is 1. The molecule has 0 spiro atoms. The van der Waals surface area contributed by atoms with E-state index in [1.807, 2.05) is 5.32 Å². The predicted octanol–water partition coefficient (Wildman–Crippen LogP) is 0.720. The van der Waals surface area contributed by atoms with Gasteiger partial charge in [-0.3, -0.25) is 10.1 Å². The molecule has 9 nitrogen and oxygen atoms in total. The lowest BCUT2D eigenvalue weighted by molar-refractivity contribution is -0.123. The van der Waals surface area contributed by atoms with Gasteiger partial charge in [0.25, 0.3) is 5.91 Å². The third-order valence-electron chi connectivity index (χ3n) is 3.36. The quantitative estimate of drug-likeness (QED) is 0.636. The van der Waals surface area contributed by atoms with Gasteiger partial charge in [0.05, 0.1) is 10.5 Å². The van der Waals surface area contributed by atoms with Crippen LogP contribution in [0, 0.1) is 0 Å². The summed E-state index contributed by atoms with van der Waals surface area (Å²) in [6.07, 6.45) is 0. The number of rotatable bonds is 8. The highest BCUT2D eigenvalue weighted by atomic mass is 32.2. The monoisotopic (exact) mass is 385 g/mol. The zero-order chi connectivity index (χ0) is 19.7. The van der Waals surface area contributed by atoms with Gasteiger partial charge in [0.2, 0.25) is 10.0 Å². The van der Waals surface area contributed by atoms with Crippen LogP contribution in [0.1, 0.15) is 31.1 Å². The van der Waals surface area contributed by atoms with E-state index in [1.54, 1.807) is 20.8 Å². The summed E-state index contributed by atoms with van der Waals surface area (Å²) in [7, 11) is -3.62. The van der Waals surface area contributed by atoms with Crippen molar-refractivity contribution in [2.75, 3.05) is 26.2 Å². The summed E-state index contributed by atoms with van der Waals surface area (Å²) in [4.78, 5) is 34.6. The summed E-state index contributed by atoms with van der Waals surface area (Å²) in [5.41, 5.74) is 0.0920. The highest BCUT2D eigenvalue weighted by Crippen LogP contribution is 2.16. The number of nitrogens with zero attached hydrogens (tertiary/aromatic N) is 1. The lowest BCUT2D eigenvalue weighted by Crippen LogP contribution is -2.41. The average Bonchev–Trinajstić information content (AvgIpc) is 2.60. The first-order valence-electron chi connectivity index (χ1n) is 8.11. The van der Waals surface area contributed by atoms with E-state index in [4.69, 9.17) is 4.74 Å². The van der Waals surface area contributed by atoms with Crippen molar-refractivity contribution < 1.29 is 27.5 Å². The summed E-state index contributed by atoms with van der Waals surface area (Å²) in [5, 5.41) is 4.35. The second kappa shape index (κ2) is 9.88. The molecule has 0 aliphatic rings. The summed E-state index contributed by atoms with van der Waals surface area (Å²) < 4.78 is 30.8. The highest BCUT2D eigenvalue weighted by molar-refractivity contribution is 7.89. The molecule has 0 fully saturated rings. The van der Waals surface area contributed by atoms with Crippen molar-refractivity contribution in [3.05, 3.63) is 29.8 Å². The molecule has 0 saturated carbocycles. The molecule has 1 rings (SSSR count). The van der Waals surface area contributed by atoms with Gasteiger partial charge in [0, 0.05) is 19.6 Å². The normalized spacial score (nSPS) is 11.1. The number of hydrogen-bond donors (Lipinski definition) is 2. The fourth-order valence-corrected chi connectivity index (χ4v) is 3.52. The Labute approximate surface area is 152 Å². The van der Waals surface area contributed by atoms with Crippen LogP contribution in [-0.2, 0) is 19.6 Å². The minimum Gasteiger partial charge on any atom is -0.452 e. The molecule has 2 N–H and O–H groups in total. The topological polar surface area (TPSA) is 122 Å². The molecule has 1 aromatic carbocycles. The first-order valence-corrected chi connectivity index (χ1v) is 9.55. The van der Waals surface area contributed by atoms with Crippen molar-refractivity contribution in [2.45, 2.75) is 25.7 Å². The fourth-order valence-electron chi connectivity index (χ4n) is 2.06. The standard InChI is InChI=1S/C16H23N3O6S/c1-4-17-16(22)18-14(20)11-25-15(21)12-7-9-13(10-8-12)26(23,24)19(5-2)6-3/h7-10H,4-6,11H2,1-3H3,(H2,17,18,20,22). The van der Waals surface area contributed by atoms with Gasteiger partial charge in [0.1, 0.15) is 0 Å². The lowest BCUT2D eigenvalue weighted by Gasteiger charge is -2.18. The maximum atomic E-state index is 12.4. The van der Waals surface area contributed by atoms with Gasteiger partial charge in [-0.05, 0) is 31.2 Å². The number of ether oxygens (including phenoxy) is 1. The number of amides is 3. The molecule has 10 heteroatoms. The Morgan fingerprint density at radius 2 is 1.62 bits per heavy atom. The van der Waals surface area contributed by atoms with Crippen molar-refractivity contribution in [3.63, 3.8) is 0 Å². The van der Waals surface area contributed by atoms with Gasteiger partial charge in [-0.1, -0.05) is 13.8 Å². The summed E-state index contributed by atoms with van der Waals surface area (Å²) in [5.74, 6) is -1.58. The molecule has 0 saturated heterocycles. The molecule has 0 aliphatic heterocycles. The smallest absolute Gasteiger partial charge is 0.338 e. The van der Waals surface area contributed by atoms with Crippen LogP contribution in [0.3, 0.4) is 0 Å². The summed E-state index contributed by atoms with van der Waals surface area (Å²) in [6, 6.07) is 4.54. The van der Waals surface area contributed by atoms with E-state index in [1.165, 1.54) is 28.6 Å². The fraction of sp³-hybridized carbons (Fsp3) is 0.438. The second-order valence-electron chi connectivity index (χ2n) is 5.10. The van der Waals surface area contributed by atoms with Gasteiger partial charge in [-0.25, -0.2) is 18.0 Å². The Morgan fingerprint density at radius 1 is 1.04 bits per heavy atom. The first-order chi connectivity index (χ1) is 12.3. The molecule has 144 valence electrons. The molecular formula is C16H23N3O6S. The van der Waals surface area contributed by atoms with Crippen LogP contribution in [0.4, 0.5) is 4.79 Å². The third-order valence-corrected chi connectivity index (χ3v) is 5.42. The van der Waals surface area contributed by atoms with E-state index in [9.17, 15) is 22.8 Å². The maximum absolute atomic E-state index is 12.4. The van der Waals surface area contributed by atoms with E-state index < -0.39 is 34.5 Å². The van der Waals surface area contributed by atoms with E-state index in [0.717, 1.165) is 0 Å². The Balaban J connectivity index is 2.70. The van der Waals surface area contributed by atoms with Crippen molar-refractivity contribution in [3.8, 4) is 0 Å². The third kappa shape index (κ3) is 5.81. The SMILES string of the molecule is CCNC(=O)NC(=O)COC(=O)c1ccc(S(=O)(=O)N(CC)CC)cc1. The van der Waals surface area contributed by atoms with E-state index >= 15 is 0 Å². The molecule has 0 radical (unpaired) electrons. The Bertz CT molecular complexity index is 742. The number of hydrogen-bond acceptors (Lipinski definition) is 6. The second-order valence-corrected chi connectivity index (χ2v) is 7.04. The lowest BCUT2D eigenvalue weighted by atomic mass is 10.2. The zero-order valence-electron chi connectivity index (χ0n) is 14.9. The van der Waals surface area contributed by atoms with Gasteiger partial charge in [-0.15, -0.1) is 0 Å². The van der Waals surface area contributed by atoms with E-state index in [2.05, 4.69) is 5.32 Å². The first kappa shape index (κ1) is 21.6. The number of esters is 1. The Morgan fingerprint density at radius 3 is 2.12 bits per heavy atom. The van der Waals surface area contributed by atoms with Crippen molar-refractivity contribution in [2.24, 2.45) is 0 Å². The highest BCUT2D eigenvalue weighted by Gasteiger charge is 2.22. The largest absolute Gasteiger partial charge is 0.452 e. The van der Waals surface area contributed by atoms with Gasteiger partial charge in [0.15, 0.2) is 6.61 Å². The van der Waals surface area contributed by atoms with Gasteiger partial charge < -0.3 is 10.1 Å². The number of carbonyl (C=O) groups is 3. The predicted molar refractivity (Wildman–Crippen MR) is 94.0 cm³/mol. The molecule has 0 bridgehead atoms. The number of imide groups is 1. The van der Waals surface area contributed by atoms with Crippen molar-refractivity contribution in [1.29, 1.82) is 0 Å². The molecule has 1 aromatic rings. The van der Waals surface area contributed by atoms with E-state index in [-0.39, 0.29) is 10.5 Å². The summed E-state index contributed by atoms with van der Waals surface area (Å²) in [6.45, 7) is 5.55. The van der Waals surface area contributed by atoms with Crippen LogP contribution >= 0.6 is 0 Å². The average molecular weight is 385 g/mol. The molecule has 0 aliphatic carbocycles. The van der Waals surface area contributed by atoms with Gasteiger partial charge >= 0.3 is 12.0 Å². The molecule has 0 heterocycles. The minimum absolute atomic E-state index is 0.0618. The van der Waals surface area contributed by atoms with Crippen LogP contribution in [0.5, 0.6) is 0 Å². The number of sulfonamides is 1. The molecular weight excluding hydrogens is 362 g/mol. The van der Waals surface area contributed by atoms with E-state index in [0.29, 0.717) is 19.6 Å². The Hall–Kier alpha value is -2.46. The maximum Gasteiger partial charge on any atom is 0.338 e. The number of carbonyl (C=O) groups excluding carboxylic acids is 3. The number of urea groups is 1. The van der Waals surface area contributed by atoms with Crippen LogP contribution in [-0.4, -0.2) is 56.9 Å². The minimum atomic E-state index is -3.62. The van der Waals surface area contributed by atoms with Crippen molar-refractivity contribution >= 4 is 27.9 Å². The molecule has 0 aromatic heterocycles.